The summed E-state index contributed by atoms with van der Waals surface area (Å²) in [4.78, 5) is 19.0. The largest absolute Gasteiger partial charge is 0.337 e. The minimum Gasteiger partial charge on any atom is -0.337 e. The molecule has 3 rings (SSSR count). The second-order valence-electron chi connectivity index (χ2n) is 7.02. The third-order valence-electron chi connectivity index (χ3n) is 4.00. The van der Waals surface area contributed by atoms with Crippen molar-refractivity contribution in [2.75, 3.05) is 13.1 Å². The summed E-state index contributed by atoms with van der Waals surface area (Å²) in [5.41, 5.74) is 6.94. The normalized spacial score (nSPS) is 17.7. The highest BCUT2D eigenvalue weighted by Crippen LogP contribution is 2.27. The van der Waals surface area contributed by atoms with Gasteiger partial charge in [0.1, 0.15) is 0 Å². The molecule has 6 nitrogen and oxygen atoms in total. The van der Waals surface area contributed by atoms with Gasteiger partial charge in [0, 0.05) is 24.5 Å². The van der Waals surface area contributed by atoms with Gasteiger partial charge in [-0.25, -0.2) is 0 Å². The monoisotopic (exact) mass is 350 g/mol. The van der Waals surface area contributed by atoms with Crippen LogP contribution in [0.1, 0.15) is 43.4 Å². The fourth-order valence-electron chi connectivity index (χ4n) is 2.64. The highest BCUT2D eigenvalue weighted by molar-refractivity contribution is 6.00. The first-order valence-corrected chi connectivity index (χ1v) is 7.84. The first-order valence-electron chi connectivity index (χ1n) is 7.84. The molecule has 1 aromatic heterocycles. The van der Waals surface area contributed by atoms with Crippen molar-refractivity contribution in [3.63, 3.8) is 0 Å². The number of hydrogen-bond acceptors (Lipinski definition) is 5. The fraction of sp³-hybridized carbons (Fsp3) is 0.471. The number of carbonyl (C=O) groups excluding carboxylic acids is 1. The molecule has 0 saturated carbocycles. The zero-order valence-corrected chi connectivity index (χ0v) is 15.0. The quantitative estimate of drug-likeness (QED) is 0.899. The third kappa shape index (κ3) is 3.60. The number of halogens is 1. The molecule has 1 aromatic carbocycles. The second kappa shape index (κ2) is 6.91. The predicted molar refractivity (Wildman–Crippen MR) is 94.2 cm³/mol. The summed E-state index contributed by atoms with van der Waals surface area (Å²) in [6.07, 6.45) is 0.836. The highest BCUT2D eigenvalue weighted by Gasteiger charge is 2.28. The van der Waals surface area contributed by atoms with E-state index in [0.717, 1.165) is 6.42 Å². The van der Waals surface area contributed by atoms with Crippen molar-refractivity contribution < 1.29 is 9.32 Å². The van der Waals surface area contributed by atoms with Gasteiger partial charge in [0.15, 0.2) is 5.82 Å². The smallest absolute Gasteiger partial charge is 0.258 e. The van der Waals surface area contributed by atoms with E-state index in [2.05, 4.69) is 10.1 Å². The topological polar surface area (TPSA) is 85.2 Å². The van der Waals surface area contributed by atoms with Crippen LogP contribution in [0.25, 0.3) is 11.5 Å². The third-order valence-corrected chi connectivity index (χ3v) is 4.00. The summed E-state index contributed by atoms with van der Waals surface area (Å²) in [5, 5.41) is 4.04. The first kappa shape index (κ1) is 18.4. The van der Waals surface area contributed by atoms with Crippen LogP contribution in [0.5, 0.6) is 0 Å². The zero-order valence-electron chi connectivity index (χ0n) is 14.2. The van der Waals surface area contributed by atoms with Gasteiger partial charge >= 0.3 is 0 Å². The summed E-state index contributed by atoms with van der Waals surface area (Å²) >= 11 is 0. The number of nitrogens with zero attached hydrogens (tertiary/aromatic N) is 3. The number of amides is 1. The van der Waals surface area contributed by atoms with Crippen LogP contribution in [0, 0.1) is 0 Å². The Morgan fingerprint density at radius 3 is 2.62 bits per heavy atom. The Morgan fingerprint density at radius 1 is 1.33 bits per heavy atom. The standard InChI is InChI=1S/C17H22N4O2.ClH/c1-17(2,3)16-19-14(23-20-16)12-6-4-5-7-13(12)15(22)21-9-8-11(18)10-21;/h4-7,11H,8-10,18H2,1-3H3;1H/t11-;/m1./s1. The minimum atomic E-state index is -0.206. The molecule has 0 spiro atoms. The molecule has 1 fully saturated rings. The van der Waals surface area contributed by atoms with Gasteiger partial charge in [0.25, 0.3) is 11.8 Å². The Hall–Kier alpha value is -1.92. The van der Waals surface area contributed by atoms with Crippen LogP contribution in [-0.4, -0.2) is 40.1 Å². The van der Waals surface area contributed by atoms with E-state index >= 15 is 0 Å². The van der Waals surface area contributed by atoms with E-state index in [1.54, 1.807) is 11.0 Å². The molecule has 130 valence electrons. The van der Waals surface area contributed by atoms with Crippen LogP contribution in [-0.2, 0) is 5.41 Å². The Kier molecular flexibility index (Phi) is 5.30. The van der Waals surface area contributed by atoms with E-state index in [-0.39, 0.29) is 29.8 Å². The Morgan fingerprint density at radius 2 is 2.04 bits per heavy atom. The van der Waals surface area contributed by atoms with Crippen molar-refractivity contribution in [3.05, 3.63) is 35.7 Å². The van der Waals surface area contributed by atoms with E-state index in [9.17, 15) is 4.79 Å². The Balaban J connectivity index is 0.00000208. The molecule has 1 aliphatic heterocycles. The average molecular weight is 351 g/mol. The Labute approximate surface area is 147 Å². The summed E-state index contributed by atoms with van der Waals surface area (Å²) in [7, 11) is 0. The number of nitrogens with two attached hydrogens (primary N) is 1. The van der Waals surface area contributed by atoms with Gasteiger partial charge in [-0.3, -0.25) is 4.79 Å². The number of hydrogen-bond donors (Lipinski definition) is 1. The van der Waals surface area contributed by atoms with E-state index in [0.29, 0.717) is 35.9 Å². The van der Waals surface area contributed by atoms with Crippen molar-refractivity contribution in [2.45, 2.75) is 38.6 Å². The highest BCUT2D eigenvalue weighted by atomic mass is 35.5. The van der Waals surface area contributed by atoms with Crippen molar-refractivity contribution in [3.8, 4) is 11.5 Å². The van der Waals surface area contributed by atoms with Gasteiger partial charge in [0.2, 0.25) is 0 Å². The van der Waals surface area contributed by atoms with Crippen LogP contribution in [0.2, 0.25) is 0 Å². The molecule has 7 heteroatoms. The summed E-state index contributed by atoms with van der Waals surface area (Å²) < 4.78 is 5.40. The maximum absolute atomic E-state index is 12.8. The molecule has 24 heavy (non-hydrogen) atoms. The van der Waals surface area contributed by atoms with Crippen LogP contribution < -0.4 is 5.73 Å². The van der Waals surface area contributed by atoms with Gasteiger partial charge in [-0.1, -0.05) is 38.1 Å². The lowest BCUT2D eigenvalue weighted by Crippen LogP contribution is -2.32. The van der Waals surface area contributed by atoms with Crippen molar-refractivity contribution in [1.29, 1.82) is 0 Å². The molecule has 1 amide bonds. The number of carbonyl (C=O) groups is 1. The van der Waals surface area contributed by atoms with Crippen LogP contribution in [0.3, 0.4) is 0 Å². The van der Waals surface area contributed by atoms with Crippen LogP contribution in [0.15, 0.2) is 28.8 Å². The molecule has 2 aromatic rings. The summed E-state index contributed by atoms with van der Waals surface area (Å²) in [6.45, 7) is 7.33. The van der Waals surface area contributed by atoms with E-state index in [1.165, 1.54) is 0 Å². The minimum absolute atomic E-state index is 0. The predicted octanol–water partition coefficient (Wildman–Crippen LogP) is 2.63. The van der Waals surface area contributed by atoms with Gasteiger partial charge in [-0.15, -0.1) is 12.4 Å². The average Bonchev–Trinajstić information content (AvgIpc) is 3.15. The first-order chi connectivity index (χ1) is 10.9. The molecule has 1 saturated heterocycles. The molecule has 2 N–H and O–H groups in total. The Bertz CT molecular complexity index is 723. The molecule has 0 unspecified atom stereocenters. The lowest BCUT2D eigenvalue weighted by atomic mass is 9.96. The lowest BCUT2D eigenvalue weighted by Gasteiger charge is -2.17. The maximum Gasteiger partial charge on any atom is 0.258 e. The molecular weight excluding hydrogens is 328 g/mol. The number of rotatable bonds is 2. The molecule has 1 aliphatic rings. The molecular formula is C17H23ClN4O2. The number of benzene rings is 1. The van der Waals surface area contributed by atoms with Crippen molar-refractivity contribution in [1.82, 2.24) is 15.0 Å². The van der Waals surface area contributed by atoms with E-state index in [1.807, 2.05) is 39.0 Å². The van der Waals surface area contributed by atoms with Gasteiger partial charge < -0.3 is 15.2 Å². The van der Waals surface area contributed by atoms with Gasteiger partial charge in [-0.2, -0.15) is 4.98 Å². The van der Waals surface area contributed by atoms with Crippen LogP contribution >= 0.6 is 12.4 Å². The number of likely N-dealkylation sites (tertiary alicyclic amines) is 1. The maximum atomic E-state index is 12.8. The molecule has 0 radical (unpaired) electrons. The number of aromatic nitrogens is 2. The van der Waals surface area contributed by atoms with E-state index in [4.69, 9.17) is 10.3 Å². The lowest BCUT2D eigenvalue weighted by molar-refractivity contribution is 0.0791. The molecule has 2 heterocycles. The zero-order chi connectivity index (χ0) is 16.6. The molecule has 0 aliphatic carbocycles. The van der Waals surface area contributed by atoms with Gasteiger partial charge in [-0.05, 0) is 18.6 Å². The molecule has 1 atom stereocenters. The van der Waals surface area contributed by atoms with Gasteiger partial charge in [0.05, 0.1) is 11.1 Å². The molecule has 0 bridgehead atoms. The van der Waals surface area contributed by atoms with E-state index < -0.39 is 0 Å². The summed E-state index contributed by atoms with van der Waals surface area (Å²) in [5.74, 6) is 0.962. The van der Waals surface area contributed by atoms with Crippen LogP contribution in [0.4, 0.5) is 0 Å². The van der Waals surface area contributed by atoms with Crippen molar-refractivity contribution in [2.24, 2.45) is 5.73 Å². The van der Waals surface area contributed by atoms with Crippen molar-refractivity contribution >= 4 is 18.3 Å². The second-order valence-corrected chi connectivity index (χ2v) is 7.02. The summed E-state index contributed by atoms with van der Waals surface area (Å²) in [6, 6.07) is 7.39. The SMILES string of the molecule is CC(C)(C)c1noc(-c2ccccc2C(=O)N2CC[C@@H](N)C2)n1.Cl. The fourth-order valence-corrected chi connectivity index (χ4v) is 2.64.